The molecule has 14 atom stereocenters. The number of aliphatic carboxylic acids is 1. The van der Waals surface area contributed by atoms with E-state index in [1.54, 1.807) is 45.3 Å². The Hall–Kier alpha value is -9.89. The molecule has 7 amide bonds. The number of carbonyl (C=O) groups is 9. The van der Waals surface area contributed by atoms with Gasteiger partial charge in [0.25, 0.3) is 16.0 Å². The molecular formula is C79H96N12O22S2. The molecule has 6 aromatic rings. The van der Waals surface area contributed by atoms with Crippen molar-refractivity contribution in [2.45, 2.75) is 186 Å². The van der Waals surface area contributed by atoms with Gasteiger partial charge in [0.15, 0.2) is 16.9 Å². The molecule has 34 nitrogen and oxygen atoms in total. The van der Waals surface area contributed by atoms with Crippen LogP contribution in [-0.4, -0.2) is 250 Å². The van der Waals surface area contributed by atoms with Crippen LogP contribution in [0.3, 0.4) is 0 Å². The van der Waals surface area contributed by atoms with Crippen LogP contribution in [0.2, 0.25) is 0 Å². The summed E-state index contributed by atoms with van der Waals surface area (Å²) in [6.45, 7) is 11.1. The van der Waals surface area contributed by atoms with Gasteiger partial charge in [0.2, 0.25) is 29.5 Å². The standard InChI is InChI=1S/C79H96N12O22S2/c1-42(2)62(85-59(92)33-89-49(35-110-27-28-115(107,108)109)30-55(71(89)101)91-60(93)21-22-61(91)94)70(100)81-43(3)68(98)82-48-17-15-47(46(29-48)16-19-56-64(95)65(96)66(97)67(113-56)73(104)105)34-111-75(106)87(7)25-26-112-79-38-76(5)36-77(6,39-79)78(37-76,40-79)41-90-44(4)52(31-80-90)50-18-20-58(84-63(50)72(102)103)88-24-23-45-11-10-12-51(53(45)32-88)69(99)86-74-83-54-13-8-9-14-57(54)114-74/h8-15,17-18,20-22,29,31,42-43,49,55-56,60,62,64-67,93,95-97H,16,19,23-28,30,32-41H2,1-7H3,(H,81,100)(H,82,98)(H,85,92)(H,102,103)(H,104,105)(H,83,86,99)(H,107,108,109)/t43-,49-,55-,56-,60?,62-,64-,65+,66-,67-,76?,77?,78?,79?/m0/s1. The van der Waals surface area contributed by atoms with E-state index in [0.717, 1.165) is 75.0 Å². The van der Waals surface area contributed by atoms with E-state index in [4.69, 9.17) is 29.0 Å². The van der Waals surface area contributed by atoms with Gasteiger partial charge in [-0.15, -0.1) is 0 Å². The molecule has 2 saturated heterocycles. The lowest BCUT2D eigenvalue weighted by atomic mass is 9.65. The van der Waals surface area contributed by atoms with Crippen LogP contribution in [0.15, 0.2) is 91.1 Å². The fourth-order valence-electron chi connectivity index (χ4n) is 18.6. The van der Waals surface area contributed by atoms with Gasteiger partial charge in [-0.1, -0.05) is 69.4 Å². The molecule has 115 heavy (non-hydrogen) atoms. The second kappa shape index (κ2) is 33.0. The topological polar surface area (TPSA) is 471 Å². The summed E-state index contributed by atoms with van der Waals surface area (Å²) < 4.78 is 58.7. The largest absolute Gasteiger partial charge is 0.479 e. The van der Waals surface area contributed by atoms with Crippen LogP contribution in [0.4, 0.5) is 21.4 Å². The van der Waals surface area contributed by atoms with E-state index in [1.807, 2.05) is 59.0 Å². The van der Waals surface area contributed by atoms with Gasteiger partial charge in [0, 0.05) is 67.4 Å². The number of nitrogens with one attached hydrogen (secondary N) is 4. The molecule has 0 spiro atoms. The Morgan fingerprint density at radius 1 is 0.843 bits per heavy atom. The summed E-state index contributed by atoms with van der Waals surface area (Å²) in [6, 6.07) is 16.8. The molecule has 4 aliphatic carbocycles. The van der Waals surface area contributed by atoms with Crippen LogP contribution >= 0.6 is 11.3 Å². The monoisotopic (exact) mass is 1630 g/mol. The maximum atomic E-state index is 14.0. The first-order valence-corrected chi connectivity index (χ1v) is 40.6. The molecule has 4 aliphatic heterocycles. The van der Waals surface area contributed by atoms with Crippen molar-refractivity contribution in [1.82, 2.24) is 45.1 Å². The van der Waals surface area contributed by atoms with E-state index in [0.29, 0.717) is 64.8 Å². The number of carboxylic acids is 2. The minimum atomic E-state index is -4.41. The van der Waals surface area contributed by atoms with Crippen LogP contribution in [0.1, 0.15) is 128 Å². The minimum Gasteiger partial charge on any atom is -0.479 e. The number of aliphatic hydroxyl groups excluding tert-OH is 4. The number of aryl methyl sites for hydroxylation is 1. The molecule has 3 aromatic heterocycles. The van der Waals surface area contributed by atoms with Gasteiger partial charge in [-0.3, -0.25) is 48.2 Å². The zero-order valence-electron chi connectivity index (χ0n) is 64.6. The summed E-state index contributed by atoms with van der Waals surface area (Å²) in [4.78, 5) is 136. The van der Waals surface area contributed by atoms with E-state index in [-0.39, 0.29) is 79.2 Å². The van der Waals surface area contributed by atoms with Crippen LogP contribution in [0.25, 0.3) is 21.3 Å². The van der Waals surface area contributed by atoms with E-state index in [2.05, 4.69) is 40.1 Å². The van der Waals surface area contributed by atoms with Crippen LogP contribution in [-0.2, 0) is 90.4 Å². The van der Waals surface area contributed by atoms with Gasteiger partial charge in [0.1, 0.15) is 55.1 Å². The van der Waals surface area contributed by atoms with E-state index in [9.17, 15) is 86.8 Å². The fraction of sp³-hybridized carbons (Fsp3) is 0.519. The highest BCUT2D eigenvalue weighted by atomic mass is 32.2. The number of pyridine rings is 1. The number of aromatic nitrogens is 4. The third-order valence-corrected chi connectivity index (χ3v) is 25.4. The average Bonchev–Trinajstić information content (AvgIpc) is 1.50. The summed E-state index contributed by atoms with van der Waals surface area (Å²) in [5, 5.41) is 79.5. The number of likely N-dealkylation sites (N-methyl/N-ethyl adjacent to an activating group) is 1. The van der Waals surface area contributed by atoms with Gasteiger partial charge < -0.3 is 80.2 Å². The third-order valence-electron chi connectivity index (χ3n) is 23.8. The maximum absolute atomic E-state index is 14.0. The SMILES string of the molecule is Cc1c(-c2ccc(N3CCc4cccc(C(=O)Nc5nc6ccccc6s5)c4C3)nc2C(=O)O)cnn1CC12CC3(C)CC(OCCN(C)C(=O)OCc4ccc(NC(=O)[C@H](C)NC(=O)[C@@H](NC(=O)CN5C(=O)[C@@H](N6C(=O)C=CC6O)C[C@H]5COCCS(=O)(=O)O)C(C)C)cc4CC[C@@H]4O[C@H](C(=O)O)[C@@H](O)[C@H](O)[C@H]4O)(CC1(C)C3)C2. The number of thiazole rings is 1. The number of para-hydroxylation sites is 1. The first kappa shape index (κ1) is 83.1. The number of benzene rings is 3. The van der Waals surface area contributed by atoms with Crippen LogP contribution in [0.5, 0.6) is 0 Å². The highest BCUT2D eigenvalue weighted by Gasteiger charge is 2.74. The highest BCUT2D eigenvalue weighted by molar-refractivity contribution is 7.85. The normalized spacial score (nSPS) is 26.6. The second-order valence-corrected chi connectivity index (χ2v) is 35.1. The Labute approximate surface area is 666 Å². The van der Waals surface area contributed by atoms with Crippen molar-refractivity contribution in [3.05, 3.63) is 130 Å². The summed E-state index contributed by atoms with van der Waals surface area (Å²) in [5.41, 5.74) is 4.85. The summed E-state index contributed by atoms with van der Waals surface area (Å²) in [6.07, 6.45) is -2.45. The highest BCUT2D eigenvalue weighted by Crippen LogP contribution is 2.78. The molecule has 616 valence electrons. The van der Waals surface area contributed by atoms with Gasteiger partial charge in [-0.2, -0.15) is 13.5 Å². The number of ether oxygens (including phenoxy) is 4. The first-order valence-electron chi connectivity index (χ1n) is 38.2. The molecule has 36 heteroatoms. The van der Waals surface area contributed by atoms with Gasteiger partial charge in [0.05, 0.1) is 66.3 Å². The number of aliphatic hydroxyl groups is 4. The third kappa shape index (κ3) is 17.5. The molecule has 7 heterocycles. The van der Waals surface area contributed by atoms with Crippen molar-refractivity contribution < 1.29 is 106 Å². The van der Waals surface area contributed by atoms with Crippen LogP contribution in [0, 0.1) is 29.1 Å². The van der Waals surface area contributed by atoms with Crippen molar-refractivity contribution in [3.63, 3.8) is 0 Å². The number of nitrogens with zero attached hydrogens (tertiary/aromatic N) is 8. The number of rotatable bonds is 31. The number of carbonyl (C=O) groups excluding carboxylic acids is 7. The molecule has 14 rings (SSSR count). The van der Waals surface area contributed by atoms with Crippen molar-refractivity contribution >= 4 is 102 Å². The molecule has 4 saturated carbocycles. The number of hydrogen-bond acceptors (Lipinski definition) is 24. The molecule has 0 radical (unpaired) electrons. The van der Waals surface area contributed by atoms with Crippen LogP contribution < -0.4 is 26.2 Å². The Morgan fingerprint density at radius 3 is 2.34 bits per heavy atom. The Morgan fingerprint density at radius 2 is 1.62 bits per heavy atom. The van der Waals surface area contributed by atoms with Gasteiger partial charge in [-0.25, -0.2) is 24.4 Å². The number of likely N-dealkylation sites (tertiary alicyclic amines) is 1. The number of carboxylic acid groups (broad SMARTS) is 2. The van der Waals surface area contributed by atoms with E-state index < -0.39 is 149 Å². The second-order valence-electron chi connectivity index (χ2n) is 32.5. The summed E-state index contributed by atoms with van der Waals surface area (Å²) in [7, 11) is -2.84. The van der Waals surface area contributed by atoms with Crippen molar-refractivity contribution in [3.8, 4) is 11.1 Å². The quantitative estimate of drug-likeness (QED) is 0.0212. The molecule has 3 aromatic carbocycles. The Kier molecular flexibility index (Phi) is 23.8. The van der Waals surface area contributed by atoms with E-state index in [1.165, 1.54) is 41.4 Å². The van der Waals surface area contributed by atoms with Gasteiger partial charge >= 0.3 is 18.0 Å². The zero-order chi connectivity index (χ0) is 82.5. The predicted octanol–water partition coefficient (Wildman–Crippen LogP) is 4.43. The lowest BCUT2D eigenvalue weighted by molar-refractivity contribution is -0.228. The lowest BCUT2D eigenvalue weighted by Crippen LogP contribution is -2.59. The summed E-state index contributed by atoms with van der Waals surface area (Å²) in [5.74, 6) is -7.74. The molecule has 11 N–H and O–H groups in total. The van der Waals surface area contributed by atoms with Crippen molar-refractivity contribution in [2.75, 3.05) is 67.8 Å². The number of fused-ring (bicyclic) bond motifs is 2. The Balaban J connectivity index is 0.631. The number of hydrogen-bond donors (Lipinski definition) is 11. The average molecular weight is 1630 g/mol. The molecule has 4 bridgehead atoms. The van der Waals surface area contributed by atoms with E-state index >= 15 is 0 Å². The number of amides is 7. The van der Waals surface area contributed by atoms with Gasteiger partial charge in [-0.05, 0) is 165 Å². The molecule has 6 fully saturated rings. The maximum Gasteiger partial charge on any atom is 0.409 e. The lowest BCUT2D eigenvalue weighted by Gasteiger charge is -2.46. The van der Waals surface area contributed by atoms with Crippen molar-refractivity contribution in [2.24, 2.45) is 22.2 Å². The number of anilines is 3. The Bertz CT molecular complexity index is 4930. The smallest absolute Gasteiger partial charge is 0.409 e. The predicted molar refractivity (Wildman–Crippen MR) is 414 cm³/mol. The summed E-state index contributed by atoms with van der Waals surface area (Å²) >= 11 is 1.39. The molecule has 5 unspecified atom stereocenters. The zero-order valence-corrected chi connectivity index (χ0v) is 66.2. The fourth-order valence-corrected chi connectivity index (χ4v) is 19.7. The minimum absolute atomic E-state index is 0.0321. The molecular weight excluding hydrogens is 1530 g/mol. The number of aromatic carboxylic acids is 1. The first-order chi connectivity index (χ1) is 54.4. The molecule has 8 aliphatic rings. The van der Waals surface area contributed by atoms with Crippen molar-refractivity contribution in [1.29, 1.82) is 0 Å².